The van der Waals surface area contributed by atoms with Gasteiger partial charge in [-0.15, -0.1) is 0 Å². The molecule has 2 aliphatic rings. The van der Waals surface area contributed by atoms with E-state index in [0.717, 1.165) is 71.4 Å². The number of aromatic nitrogens is 2. The summed E-state index contributed by atoms with van der Waals surface area (Å²) in [4.78, 5) is 24.2. The molecule has 2 saturated heterocycles. The predicted molar refractivity (Wildman–Crippen MR) is 187 cm³/mol. The fourth-order valence-electron chi connectivity index (χ4n) is 6.84. The van der Waals surface area contributed by atoms with Crippen LogP contribution in [0.4, 0.5) is 0 Å². The SMILES string of the molecule is COC[C@@H]1CCCN1C[C@@H]1C[C@H](c2ccc(CO)cc2)O[C@H](c2ccc(-c3cccc(CNC(=O)c4cnc5ccccc5n4)c3)cc2)O1. The first kappa shape index (κ1) is 33.0. The Kier molecular flexibility index (Phi) is 10.3. The molecule has 2 N–H and O–H groups in total. The maximum Gasteiger partial charge on any atom is 0.271 e. The molecular weight excluding hydrogens is 616 g/mol. The molecule has 1 aromatic heterocycles. The van der Waals surface area contributed by atoms with Crippen molar-refractivity contribution in [1.82, 2.24) is 20.2 Å². The third kappa shape index (κ3) is 7.88. The minimum absolute atomic E-state index is 0.00844. The molecule has 1 amide bonds. The van der Waals surface area contributed by atoms with Crippen molar-refractivity contribution in [3.8, 4) is 11.1 Å². The van der Waals surface area contributed by atoms with Crippen LogP contribution in [0.15, 0.2) is 103 Å². The highest BCUT2D eigenvalue weighted by molar-refractivity contribution is 5.93. The first-order valence-electron chi connectivity index (χ1n) is 17.0. The van der Waals surface area contributed by atoms with E-state index in [4.69, 9.17) is 14.2 Å². The lowest BCUT2D eigenvalue weighted by Gasteiger charge is -2.38. The zero-order valence-electron chi connectivity index (χ0n) is 27.7. The molecule has 4 atom stereocenters. The van der Waals surface area contributed by atoms with Crippen molar-refractivity contribution in [1.29, 1.82) is 0 Å². The van der Waals surface area contributed by atoms with Crippen LogP contribution in [0.5, 0.6) is 0 Å². The van der Waals surface area contributed by atoms with Crippen LogP contribution in [0.25, 0.3) is 22.2 Å². The summed E-state index contributed by atoms with van der Waals surface area (Å²) in [6, 6.07) is 32.4. The Morgan fingerprint density at radius 3 is 2.51 bits per heavy atom. The van der Waals surface area contributed by atoms with Crippen LogP contribution < -0.4 is 5.32 Å². The fraction of sp³-hybridized carbons (Fsp3) is 0.325. The lowest BCUT2D eigenvalue weighted by atomic mass is 9.98. The van der Waals surface area contributed by atoms with Gasteiger partial charge in [-0.25, -0.2) is 4.98 Å². The number of aliphatic hydroxyl groups excluding tert-OH is 1. The molecule has 7 rings (SSSR count). The summed E-state index contributed by atoms with van der Waals surface area (Å²) < 4.78 is 18.8. The normalized spacial score (nSPS) is 21.2. The van der Waals surface area contributed by atoms with E-state index in [1.54, 1.807) is 7.11 Å². The number of benzene rings is 4. The molecule has 3 heterocycles. The van der Waals surface area contributed by atoms with Crippen molar-refractivity contribution < 1.29 is 24.1 Å². The average Bonchev–Trinajstić information content (AvgIpc) is 3.59. The number of carbonyl (C=O) groups is 1. The number of nitrogens with zero attached hydrogens (tertiary/aromatic N) is 3. The molecule has 2 aliphatic heterocycles. The van der Waals surface area contributed by atoms with Gasteiger partial charge in [0.15, 0.2) is 6.29 Å². The molecule has 49 heavy (non-hydrogen) atoms. The Bertz CT molecular complexity index is 1870. The summed E-state index contributed by atoms with van der Waals surface area (Å²) in [5, 5.41) is 12.5. The Labute approximate surface area is 286 Å². The fourth-order valence-corrected chi connectivity index (χ4v) is 6.84. The number of likely N-dealkylation sites (tertiary alicyclic amines) is 1. The number of fused-ring (bicyclic) bond motifs is 1. The summed E-state index contributed by atoms with van der Waals surface area (Å²) in [5.74, 6) is -0.264. The standard InChI is InChI=1S/C40H42N4O5/c1-47-26-33-8-5-19-44(33)24-34-21-38(30-13-11-27(25-45)12-14-30)49-40(48-34)31-17-15-29(16-18-31)32-7-4-6-28(20-32)22-42-39(46)37-23-41-35-9-2-3-10-36(35)43-37/h2-4,6-7,9-18,20,23,33-34,38,40,45H,5,8,19,21-22,24-26H2,1H3,(H,42,46)/t33-,34-,38+,40+/m0/s1. The number of hydrogen-bond donors (Lipinski definition) is 2. The largest absolute Gasteiger partial charge is 0.392 e. The first-order valence-corrected chi connectivity index (χ1v) is 17.0. The van der Waals surface area contributed by atoms with E-state index in [2.05, 4.69) is 56.6 Å². The molecular formula is C40H42N4O5. The third-order valence-electron chi connectivity index (χ3n) is 9.49. The van der Waals surface area contributed by atoms with E-state index in [-0.39, 0.29) is 24.7 Å². The molecule has 9 heteroatoms. The summed E-state index contributed by atoms with van der Waals surface area (Å²) in [7, 11) is 1.77. The van der Waals surface area contributed by atoms with Crippen LogP contribution in [0.3, 0.4) is 0 Å². The highest BCUT2D eigenvalue weighted by atomic mass is 16.7. The van der Waals surface area contributed by atoms with Crippen LogP contribution in [-0.4, -0.2) is 64.8 Å². The maximum absolute atomic E-state index is 12.9. The van der Waals surface area contributed by atoms with Gasteiger partial charge in [0.2, 0.25) is 0 Å². The molecule has 9 nitrogen and oxygen atoms in total. The number of hydrogen-bond acceptors (Lipinski definition) is 8. The summed E-state index contributed by atoms with van der Waals surface area (Å²) in [6.07, 6.45) is 3.91. The van der Waals surface area contributed by atoms with Gasteiger partial charge in [0.05, 0.1) is 42.7 Å². The van der Waals surface area contributed by atoms with Gasteiger partial charge in [0, 0.05) is 38.2 Å². The van der Waals surface area contributed by atoms with E-state index in [0.29, 0.717) is 23.8 Å². The van der Waals surface area contributed by atoms with E-state index < -0.39 is 6.29 Å². The van der Waals surface area contributed by atoms with Gasteiger partial charge in [-0.1, -0.05) is 78.9 Å². The molecule has 0 unspecified atom stereocenters. The molecule has 0 bridgehead atoms. The van der Waals surface area contributed by atoms with Gasteiger partial charge in [-0.2, -0.15) is 0 Å². The van der Waals surface area contributed by atoms with Crippen LogP contribution in [-0.2, 0) is 27.4 Å². The molecule has 5 aromatic rings. The number of rotatable bonds is 11. The van der Waals surface area contributed by atoms with E-state index in [9.17, 15) is 9.90 Å². The van der Waals surface area contributed by atoms with Crippen molar-refractivity contribution in [3.63, 3.8) is 0 Å². The highest BCUT2D eigenvalue weighted by Crippen LogP contribution is 2.39. The van der Waals surface area contributed by atoms with Crippen molar-refractivity contribution in [3.05, 3.63) is 131 Å². The van der Waals surface area contributed by atoms with Gasteiger partial charge >= 0.3 is 0 Å². The van der Waals surface area contributed by atoms with Gasteiger partial charge in [-0.3, -0.25) is 14.7 Å². The highest BCUT2D eigenvalue weighted by Gasteiger charge is 2.35. The second-order valence-electron chi connectivity index (χ2n) is 12.8. The zero-order valence-corrected chi connectivity index (χ0v) is 27.7. The van der Waals surface area contributed by atoms with Crippen molar-refractivity contribution in [2.24, 2.45) is 0 Å². The average molecular weight is 659 g/mol. The minimum atomic E-state index is -0.515. The van der Waals surface area contributed by atoms with Gasteiger partial charge < -0.3 is 24.6 Å². The Morgan fingerprint density at radius 1 is 0.918 bits per heavy atom. The molecule has 0 spiro atoms. The molecule has 0 saturated carbocycles. The number of amides is 1. The lowest BCUT2D eigenvalue weighted by molar-refractivity contribution is -0.253. The number of nitrogens with one attached hydrogen (secondary N) is 1. The van der Waals surface area contributed by atoms with Crippen molar-refractivity contribution in [2.75, 3.05) is 26.8 Å². The Morgan fingerprint density at radius 2 is 1.71 bits per heavy atom. The summed E-state index contributed by atoms with van der Waals surface area (Å²) in [6.45, 7) is 2.98. The zero-order chi connectivity index (χ0) is 33.6. The van der Waals surface area contributed by atoms with Crippen LogP contribution in [0, 0.1) is 0 Å². The molecule has 252 valence electrons. The number of ether oxygens (including phenoxy) is 3. The maximum atomic E-state index is 12.9. The third-order valence-corrected chi connectivity index (χ3v) is 9.49. The van der Waals surface area contributed by atoms with E-state index in [1.165, 1.54) is 12.6 Å². The molecule has 0 aliphatic carbocycles. The summed E-state index contributed by atoms with van der Waals surface area (Å²) >= 11 is 0. The number of methoxy groups -OCH3 is 1. The lowest BCUT2D eigenvalue weighted by Crippen LogP contribution is -2.42. The molecule has 0 radical (unpaired) electrons. The summed E-state index contributed by atoms with van der Waals surface area (Å²) in [5.41, 5.74) is 7.74. The van der Waals surface area contributed by atoms with Gasteiger partial charge in [-0.05, 0) is 65.4 Å². The van der Waals surface area contributed by atoms with Crippen LogP contribution >= 0.6 is 0 Å². The van der Waals surface area contributed by atoms with Gasteiger partial charge in [0.25, 0.3) is 5.91 Å². The van der Waals surface area contributed by atoms with E-state index >= 15 is 0 Å². The topological polar surface area (TPSA) is 106 Å². The van der Waals surface area contributed by atoms with Crippen molar-refractivity contribution in [2.45, 2.75) is 57.0 Å². The number of para-hydroxylation sites is 2. The van der Waals surface area contributed by atoms with Crippen LogP contribution in [0.1, 0.15) is 64.4 Å². The monoisotopic (exact) mass is 658 g/mol. The van der Waals surface area contributed by atoms with Crippen molar-refractivity contribution >= 4 is 16.9 Å². The van der Waals surface area contributed by atoms with Gasteiger partial charge in [0.1, 0.15) is 5.69 Å². The Balaban J connectivity index is 1.04. The second kappa shape index (κ2) is 15.4. The quantitative estimate of drug-likeness (QED) is 0.169. The molecule has 2 fully saturated rings. The number of aliphatic hydroxyl groups is 1. The smallest absolute Gasteiger partial charge is 0.271 e. The predicted octanol–water partition coefficient (Wildman–Crippen LogP) is 6.38. The molecule has 4 aromatic carbocycles. The van der Waals surface area contributed by atoms with Crippen LogP contribution in [0.2, 0.25) is 0 Å². The van der Waals surface area contributed by atoms with E-state index in [1.807, 2.05) is 60.7 Å². The first-order chi connectivity index (χ1) is 24.1. The second-order valence-corrected chi connectivity index (χ2v) is 12.8. The number of carbonyl (C=O) groups excluding carboxylic acids is 1. The minimum Gasteiger partial charge on any atom is -0.392 e. The Hall–Kier alpha value is -4.51.